The predicted octanol–water partition coefficient (Wildman–Crippen LogP) is 2.78. The van der Waals surface area contributed by atoms with Gasteiger partial charge in [0.05, 0.1) is 16.8 Å². The maximum atomic E-state index is 14.6. The maximum absolute atomic E-state index is 14.6. The first-order chi connectivity index (χ1) is 16.9. The first-order valence-corrected chi connectivity index (χ1v) is 9.62. The minimum atomic E-state index is -5.05. The third-order valence-corrected chi connectivity index (χ3v) is 5.91. The fourth-order valence-electron chi connectivity index (χ4n) is 3.89. The van der Waals surface area contributed by atoms with Gasteiger partial charge in [0.15, 0.2) is 23.4 Å². The van der Waals surface area contributed by atoms with Crippen molar-refractivity contribution in [3.63, 3.8) is 0 Å². The van der Waals surface area contributed by atoms with Crippen LogP contribution in [0.1, 0.15) is 39.9 Å². The molecule has 1 aliphatic rings. The van der Waals surface area contributed by atoms with Crippen LogP contribution in [0.25, 0.3) is 0 Å². The number of anilines is 1. The number of hydrogen-bond acceptors (Lipinski definition) is 5. The normalized spacial score (nSPS) is 26.3. The van der Waals surface area contributed by atoms with E-state index in [1.165, 1.54) is 0 Å². The summed E-state index contributed by atoms with van der Waals surface area (Å²) in [6.07, 6.45) is -6.28. The monoisotopic (exact) mass is 492 g/mol. The quantitative estimate of drug-likeness (QED) is 0.378. The molecular weight excluding hydrogens is 469 g/mol. The summed E-state index contributed by atoms with van der Waals surface area (Å²) >= 11 is 0. The molecule has 2 aromatic rings. The van der Waals surface area contributed by atoms with Gasteiger partial charge in [-0.3, -0.25) is 9.59 Å². The molecule has 1 aliphatic heterocycles. The van der Waals surface area contributed by atoms with E-state index in [1.54, 1.807) is 0 Å². The SMILES string of the molecule is [2H]C([2H])([2H])Oc1c([C@H]2[C@@H](C(=O)Nc3cc[n+]([O-])c(C(N)=O)c3)O[C@@](C)(C(F)(F)F)[C@@H]2C)ccc(F)c1F. The van der Waals surface area contributed by atoms with Crippen molar-refractivity contribution in [3.05, 3.63) is 58.6 Å². The Morgan fingerprint density at radius 1 is 1.32 bits per heavy atom. The zero-order valence-electron chi connectivity index (χ0n) is 20.6. The number of primary amides is 1. The summed E-state index contributed by atoms with van der Waals surface area (Å²) in [7, 11) is -3.32. The van der Waals surface area contributed by atoms with E-state index in [2.05, 4.69) is 10.1 Å². The lowest BCUT2D eigenvalue weighted by atomic mass is 9.77. The minimum Gasteiger partial charge on any atom is -0.618 e. The fraction of sp³-hybridized carbons (Fsp3) is 0.381. The van der Waals surface area contributed by atoms with E-state index in [1.807, 2.05) is 0 Å². The van der Waals surface area contributed by atoms with Crippen LogP contribution in [-0.2, 0) is 9.53 Å². The molecule has 8 nitrogen and oxygen atoms in total. The molecule has 0 spiro atoms. The van der Waals surface area contributed by atoms with Gasteiger partial charge in [-0.25, -0.2) is 4.39 Å². The number of amides is 2. The van der Waals surface area contributed by atoms with Crippen LogP contribution >= 0.6 is 0 Å². The van der Waals surface area contributed by atoms with Crippen LogP contribution in [0.5, 0.6) is 5.75 Å². The molecule has 1 aromatic heterocycles. The van der Waals surface area contributed by atoms with E-state index in [0.29, 0.717) is 13.0 Å². The van der Waals surface area contributed by atoms with Gasteiger partial charge in [0, 0.05) is 29.5 Å². The number of benzene rings is 1. The highest BCUT2D eigenvalue weighted by Gasteiger charge is 2.65. The molecule has 1 aromatic carbocycles. The smallest absolute Gasteiger partial charge is 0.417 e. The lowest BCUT2D eigenvalue weighted by molar-refractivity contribution is -0.607. The van der Waals surface area contributed by atoms with Gasteiger partial charge < -0.3 is 25.7 Å². The van der Waals surface area contributed by atoms with Crippen molar-refractivity contribution in [2.45, 2.75) is 37.6 Å². The van der Waals surface area contributed by atoms with Crippen LogP contribution in [0.4, 0.5) is 27.6 Å². The van der Waals surface area contributed by atoms with E-state index in [0.717, 1.165) is 31.3 Å². The van der Waals surface area contributed by atoms with Gasteiger partial charge in [0.25, 0.3) is 11.6 Å². The van der Waals surface area contributed by atoms with E-state index < -0.39 is 77.2 Å². The third-order valence-electron chi connectivity index (χ3n) is 5.91. The number of rotatable bonds is 5. The van der Waals surface area contributed by atoms with Crippen LogP contribution in [0.2, 0.25) is 0 Å². The van der Waals surface area contributed by atoms with Gasteiger partial charge in [-0.2, -0.15) is 22.3 Å². The molecule has 0 saturated carbocycles. The summed E-state index contributed by atoms with van der Waals surface area (Å²) in [5.41, 5.74) is 0.723. The van der Waals surface area contributed by atoms with Crippen LogP contribution in [0.15, 0.2) is 30.5 Å². The Hall–Kier alpha value is -3.48. The Kier molecular flexibility index (Phi) is 5.40. The number of pyridine rings is 1. The lowest BCUT2D eigenvalue weighted by Crippen LogP contribution is -2.47. The zero-order chi connectivity index (χ0) is 28.1. The number of carbonyl (C=O) groups is 2. The van der Waals surface area contributed by atoms with Crippen LogP contribution in [0.3, 0.4) is 0 Å². The molecule has 34 heavy (non-hydrogen) atoms. The van der Waals surface area contributed by atoms with E-state index in [-0.39, 0.29) is 10.4 Å². The molecule has 0 radical (unpaired) electrons. The summed E-state index contributed by atoms with van der Waals surface area (Å²) in [5.74, 6) is -10.2. The second kappa shape index (κ2) is 8.70. The molecule has 1 saturated heterocycles. The van der Waals surface area contributed by atoms with Gasteiger partial charge in [0.1, 0.15) is 6.10 Å². The highest BCUT2D eigenvalue weighted by molar-refractivity contribution is 5.97. The molecule has 3 N–H and O–H groups in total. The molecule has 2 heterocycles. The maximum Gasteiger partial charge on any atom is 0.417 e. The third kappa shape index (κ3) is 4.11. The number of halogens is 5. The molecule has 0 bridgehead atoms. The van der Waals surface area contributed by atoms with Gasteiger partial charge in [0.2, 0.25) is 5.82 Å². The first kappa shape index (κ1) is 21.1. The molecule has 4 atom stereocenters. The van der Waals surface area contributed by atoms with Crippen LogP contribution < -0.4 is 20.5 Å². The fourth-order valence-corrected chi connectivity index (χ4v) is 3.89. The first-order valence-electron chi connectivity index (χ1n) is 11.1. The van der Waals surface area contributed by atoms with E-state index >= 15 is 0 Å². The van der Waals surface area contributed by atoms with Crippen LogP contribution in [-0.4, -0.2) is 36.7 Å². The molecular formula is C21H20F5N3O5. The van der Waals surface area contributed by atoms with Crippen molar-refractivity contribution in [2.75, 3.05) is 12.4 Å². The van der Waals surface area contributed by atoms with E-state index in [4.69, 9.17) is 14.6 Å². The number of aromatic nitrogens is 1. The largest absolute Gasteiger partial charge is 0.618 e. The van der Waals surface area contributed by atoms with Gasteiger partial charge >= 0.3 is 12.1 Å². The van der Waals surface area contributed by atoms with Crippen molar-refractivity contribution in [3.8, 4) is 5.75 Å². The number of nitrogens with zero attached hydrogens (tertiary/aromatic N) is 1. The topological polar surface area (TPSA) is 118 Å². The van der Waals surface area contributed by atoms with Gasteiger partial charge in [-0.1, -0.05) is 13.0 Å². The van der Waals surface area contributed by atoms with Gasteiger partial charge in [-0.15, -0.1) is 0 Å². The summed E-state index contributed by atoms with van der Waals surface area (Å²) < 4.78 is 102. The molecule has 0 aliphatic carbocycles. The molecule has 13 heteroatoms. The Labute approximate surface area is 194 Å². The number of nitrogens with one attached hydrogen (secondary N) is 1. The van der Waals surface area contributed by atoms with Crippen molar-refractivity contribution in [2.24, 2.45) is 11.7 Å². The number of hydrogen-bond donors (Lipinski definition) is 2. The molecule has 0 unspecified atom stereocenters. The number of alkyl halides is 3. The predicted molar refractivity (Wildman–Crippen MR) is 107 cm³/mol. The number of nitrogens with two attached hydrogens (primary N) is 1. The molecule has 184 valence electrons. The summed E-state index contributed by atoms with van der Waals surface area (Å²) in [4.78, 5) is 24.6. The summed E-state index contributed by atoms with van der Waals surface area (Å²) in [5, 5.41) is 13.9. The van der Waals surface area contributed by atoms with E-state index in [9.17, 15) is 36.7 Å². The highest BCUT2D eigenvalue weighted by atomic mass is 19.4. The summed E-state index contributed by atoms with van der Waals surface area (Å²) in [6.45, 7) is 1.69. The van der Waals surface area contributed by atoms with Gasteiger partial charge in [-0.05, 0) is 13.0 Å². The average molecular weight is 492 g/mol. The van der Waals surface area contributed by atoms with Crippen molar-refractivity contribution in [1.82, 2.24) is 0 Å². The number of carbonyl (C=O) groups excluding carboxylic acids is 2. The zero-order valence-corrected chi connectivity index (χ0v) is 17.6. The van der Waals surface area contributed by atoms with Crippen LogP contribution in [0, 0.1) is 22.8 Å². The minimum absolute atomic E-state index is 0.0926. The molecule has 3 rings (SSSR count). The summed E-state index contributed by atoms with van der Waals surface area (Å²) in [6, 6.07) is 3.24. The standard InChI is InChI=1S/C21H20F5N3O5/c1-9-14(11-4-5-12(22)15(23)16(11)33-3)17(34-20(9,2)21(24,25)26)19(31)28-10-6-7-29(32)13(8-10)18(27)30/h4-9,14,17H,1-3H3,(H2,27,30)(H,28,31)/t9-,14+,17+,20-/m1/s1/i3D3. The Bertz CT molecular complexity index is 1240. The Balaban J connectivity index is 2.13. The van der Waals surface area contributed by atoms with Crippen molar-refractivity contribution >= 4 is 17.5 Å². The second-order valence-electron chi connectivity index (χ2n) is 7.82. The molecule has 1 fully saturated rings. The molecule has 2 amide bonds. The second-order valence-corrected chi connectivity index (χ2v) is 7.82. The highest BCUT2D eigenvalue weighted by Crippen LogP contribution is 2.55. The average Bonchev–Trinajstić information content (AvgIpc) is 3.04. The Morgan fingerprint density at radius 3 is 2.59 bits per heavy atom. The van der Waals surface area contributed by atoms with Crippen molar-refractivity contribution < 1.29 is 49.9 Å². The van der Waals surface area contributed by atoms with Crippen molar-refractivity contribution in [1.29, 1.82) is 0 Å². The lowest BCUT2D eigenvalue weighted by Gasteiger charge is -2.32. The Morgan fingerprint density at radius 2 is 2.00 bits per heavy atom. The number of methoxy groups -OCH3 is 1. The number of ether oxygens (including phenoxy) is 2.